The van der Waals surface area contributed by atoms with Crippen LogP contribution in [0, 0.1) is 10.1 Å². The number of nitrogens with one attached hydrogen (secondary N) is 1. The quantitative estimate of drug-likeness (QED) is 0.351. The Kier molecular flexibility index (Phi) is 4.94. The summed E-state index contributed by atoms with van der Waals surface area (Å²) in [6, 6.07) is 6.24. The van der Waals surface area contributed by atoms with Gasteiger partial charge in [0, 0.05) is 31.8 Å². The van der Waals surface area contributed by atoms with Gasteiger partial charge in [-0.1, -0.05) is 0 Å². The third-order valence-electron chi connectivity index (χ3n) is 3.75. The Morgan fingerprint density at radius 2 is 1.96 bits per heavy atom. The number of aromatic nitrogens is 2. The lowest BCUT2D eigenvalue weighted by Crippen LogP contribution is -2.22. The molecular formula is C15H14N6O6S. The predicted molar refractivity (Wildman–Crippen MR) is 98.7 cm³/mol. The molecular weight excluding hydrogens is 392 g/mol. The van der Waals surface area contributed by atoms with Gasteiger partial charge in [-0.3, -0.25) is 15.5 Å². The molecule has 0 saturated carbocycles. The highest BCUT2D eigenvalue weighted by Gasteiger charge is 2.24. The van der Waals surface area contributed by atoms with Crippen molar-refractivity contribution in [3.05, 3.63) is 46.0 Å². The van der Waals surface area contributed by atoms with E-state index in [2.05, 4.69) is 25.5 Å². The number of nitrogens with zero attached hydrogens (tertiary/aromatic N) is 5. The molecule has 146 valence electrons. The fraction of sp³-hybridized carbons (Fsp3) is 0.133. The first-order chi connectivity index (χ1) is 13.2. The second-order valence-corrected chi connectivity index (χ2v) is 7.85. The lowest BCUT2D eigenvalue weighted by Gasteiger charge is -2.11. The van der Waals surface area contributed by atoms with Crippen molar-refractivity contribution < 1.29 is 23.1 Å². The minimum Gasteiger partial charge on any atom is -0.507 e. The summed E-state index contributed by atoms with van der Waals surface area (Å²) in [7, 11) is -0.993. The van der Waals surface area contributed by atoms with E-state index >= 15 is 0 Å². The van der Waals surface area contributed by atoms with Crippen molar-refractivity contribution in [2.24, 2.45) is 5.10 Å². The van der Waals surface area contributed by atoms with Crippen LogP contribution in [0.15, 0.2) is 45.0 Å². The number of anilines is 1. The SMILES string of the molecule is CN(C)S(=O)(=O)c1ccc(N/N=C/c2cc([N+](=O)[O-])ccc2O)c2nonc12. The number of rotatable bonds is 6. The summed E-state index contributed by atoms with van der Waals surface area (Å²) in [4.78, 5) is 10.1. The van der Waals surface area contributed by atoms with Crippen LogP contribution in [0.4, 0.5) is 11.4 Å². The molecule has 0 atom stereocenters. The van der Waals surface area contributed by atoms with Gasteiger partial charge in [-0.2, -0.15) is 5.10 Å². The number of benzene rings is 2. The van der Waals surface area contributed by atoms with Crippen molar-refractivity contribution in [3.8, 4) is 5.75 Å². The van der Waals surface area contributed by atoms with E-state index in [4.69, 9.17) is 0 Å². The number of phenols is 1. The van der Waals surface area contributed by atoms with Crippen LogP contribution in [-0.2, 0) is 10.0 Å². The number of hydrazone groups is 1. The molecule has 0 bridgehead atoms. The number of nitro benzene ring substituents is 1. The van der Waals surface area contributed by atoms with E-state index in [9.17, 15) is 23.6 Å². The average molecular weight is 406 g/mol. The van der Waals surface area contributed by atoms with Gasteiger partial charge >= 0.3 is 0 Å². The van der Waals surface area contributed by atoms with Crippen LogP contribution in [0.2, 0.25) is 0 Å². The molecule has 0 fully saturated rings. The number of aromatic hydroxyl groups is 1. The number of non-ortho nitro benzene ring substituents is 1. The van der Waals surface area contributed by atoms with Gasteiger partial charge in [-0.25, -0.2) is 17.4 Å². The molecule has 0 aliphatic heterocycles. The number of phenolic OH excluding ortho intramolecular Hbond substituents is 1. The average Bonchev–Trinajstić information content (AvgIpc) is 3.12. The molecule has 12 nitrogen and oxygen atoms in total. The largest absolute Gasteiger partial charge is 0.507 e. The summed E-state index contributed by atoms with van der Waals surface area (Å²) < 4.78 is 30.4. The van der Waals surface area contributed by atoms with Crippen LogP contribution in [0.1, 0.15) is 5.56 Å². The monoisotopic (exact) mass is 406 g/mol. The Morgan fingerprint density at radius 3 is 2.64 bits per heavy atom. The van der Waals surface area contributed by atoms with Gasteiger partial charge in [0.2, 0.25) is 10.0 Å². The van der Waals surface area contributed by atoms with E-state index < -0.39 is 14.9 Å². The minimum absolute atomic E-state index is 0.0205. The van der Waals surface area contributed by atoms with Gasteiger partial charge in [0.15, 0.2) is 11.0 Å². The van der Waals surface area contributed by atoms with E-state index in [1.807, 2.05) is 0 Å². The zero-order valence-electron chi connectivity index (χ0n) is 14.6. The van der Waals surface area contributed by atoms with Gasteiger partial charge in [-0.15, -0.1) is 0 Å². The second kappa shape index (κ2) is 7.21. The molecule has 0 saturated heterocycles. The van der Waals surface area contributed by atoms with Crippen LogP contribution < -0.4 is 5.43 Å². The maximum absolute atomic E-state index is 12.4. The Hall–Kier alpha value is -3.58. The Bertz CT molecular complexity index is 1190. The van der Waals surface area contributed by atoms with E-state index in [-0.39, 0.29) is 38.6 Å². The highest BCUT2D eigenvalue weighted by Crippen LogP contribution is 2.28. The van der Waals surface area contributed by atoms with Gasteiger partial charge in [-0.05, 0) is 28.5 Å². The molecule has 3 aromatic rings. The first-order valence-corrected chi connectivity index (χ1v) is 9.10. The topological polar surface area (TPSA) is 164 Å². The molecule has 0 aliphatic rings. The van der Waals surface area contributed by atoms with Crippen LogP contribution in [-0.4, -0.2) is 53.4 Å². The molecule has 13 heteroatoms. The lowest BCUT2D eigenvalue weighted by molar-refractivity contribution is -0.384. The van der Waals surface area contributed by atoms with Crippen molar-refractivity contribution in [1.29, 1.82) is 0 Å². The molecule has 0 spiro atoms. The van der Waals surface area contributed by atoms with E-state index in [0.717, 1.165) is 16.4 Å². The second-order valence-electron chi connectivity index (χ2n) is 5.73. The number of hydrogen-bond acceptors (Lipinski definition) is 10. The van der Waals surface area contributed by atoms with E-state index in [0.29, 0.717) is 0 Å². The fourth-order valence-corrected chi connectivity index (χ4v) is 3.28. The number of sulfonamides is 1. The van der Waals surface area contributed by atoms with Crippen LogP contribution in [0.3, 0.4) is 0 Å². The van der Waals surface area contributed by atoms with Crippen molar-refractivity contribution in [2.45, 2.75) is 4.90 Å². The fourth-order valence-electron chi connectivity index (χ4n) is 2.27. The van der Waals surface area contributed by atoms with Crippen LogP contribution >= 0.6 is 0 Å². The molecule has 3 rings (SSSR count). The summed E-state index contributed by atoms with van der Waals surface area (Å²) in [6.07, 6.45) is 1.17. The number of hydrogen-bond donors (Lipinski definition) is 2. The molecule has 0 unspecified atom stereocenters. The van der Waals surface area contributed by atoms with Gasteiger partial charge in [0.05, 0.1) is 16.8 Å². The van der Waals surface area contributed by atoms with Crippen molar-refractivity contribution in [3.63, 3.8) is 0 Å². The first-order valence-electron chi connectivity index (χ1n) is 7.66. The molecule has 0 radical (unpaired) electrons. The number of nitro groups is 1. The molecule has 0 amide bonds. The maximum Gasteiger partial charge on any atom is 0.270 e. The summed E-state index contributed by atoms with van der Waals surface area (Å²) in [5.41, 5.74) is 2.97. The van der Waals surface area contributed by atoms with E-state index in [1.165, 1.54) is 38.5 Å². The summed E-state index contributed by atoms with van der Waals surface area (Å²) >= 11 is 0. The predicted octanol–water partition coefficient (Wildman–Crippen LogP) is 1.53. The molecule has 1 heterocycles. The first kappa shape index (κ1) is 19.2. The summed E-state index contributed by atoms with van der Waals surface area (Å²) in [6.45, 7) is 0. The molecule has 28 heavy (non-hydrogen) atoms. The third-order valence-corrected chi connectivity index (χ3v) is 5.59. The highest BCUT2D eigenvalue weighted by molar-refractivity contribution is 7.89. The van der Waals surface area contributed by atoms with Crippen molar-refractivity contribution >= 4 is 38.6 Å². The van der Waals surface area contributed by atoms with Gasteiger partial charge < -0.3 is 5.11 Å². The minimum atomic E-state index is -3.76. The standard InChI is InChI=1S/C15H14N6O6S/c1-20(2)28(25,26)13-6-4-11(14-15(13)19-27-18-14)17-16-8-9-7-10(21(23)24)3-5-12(9)22/h3-8,17,22H,1-2H3/b16-8+. The van der Waals surface area contributed by atoms with Crippen LogP contribution in [0.25, 0.3) is 11.0 Å². The third kappa shape index (κ3) is 3.47. The van der Waals surface area contributed by atoms with Gasteiger partial charge in [0.1, 0.15) is 10.6 Å². The smallest absolute Gasteiger partial charge is 0.270 e. The van der Waals surface area contributed by atoms with Crippen LogP contribution in [0.5, 0.6) is 5.75 Å². The summed E-state index contributed by atoms with van der Waals surface area (Å²) in [5.74, 6) is -0.197. The molecule has 1 aromatic heterocycles. The molecule has 2 aromatic carbocycles. The number of fused-ring (bicyclic) bond motifs is 1. The maximum atomic E-state index is 12.4. The van der Waals surface area contributed by atoms with Crippen molar-refractivity contribution in [1.82, 2.24) is 14.6 Å². The van der Waals surface area contributed by atoms with Crippen molar-refractivity contribution in [2.75, 3.05) is 19.5 Å². The molecule has 2 N–H and O–H groups in total. The zero-order valence-corrected chi connectivity index (χ0v) is 15.4. The normalized spacial score (nSPS) is 12.1. The Balaban J connectivity index is 1.93. The summed E-state index contributed by atoms with van der Waals surface area (Å²) in [5, 5.41) is 31.8. The zero-order chi connectivity index (χ0) is 20.5. The highest BCUT2D eigenvalue weighted by atomic mass is 32.2. The Labute approximate surface area is 158 Å². The van der Waals surface area contributed by atoms with E-state index in [1.54, 1.807) is 0 Å². The lowest BCUT2D eigenvalue weighted by atomic mass is 10.2. The Morgan fingerprint density at radius 1 is 1.25 bits per heavy atom. The van der Waals surface area contributed by atoms with Gasteiger partial charge in [0.25, 0.3) is 5.69 Å². The molecule has 0 aliphatic carbocycles.